The molecule has 226 valence electrons. The molecule has 0 bridgehead atoms. The maximum atomic E-state index is 14.6. The Bertz CT molecular complexity index is 1740. The van der Waals surface area contributed by atoms with Gasteiger partial charge >= 0.3 is 6.03 Å². The number of carbonyl (C=O) groups excluding carboxylic acids is 2. The lowest BCUT2D eigenvalue weighted by Crippen LogP contribution is -2.37. The molecule has 44 heavy (non-hydrogen) atoms. The van der Waals surface area contributed by atoms with Crippen molar-refractivity contribution >= 4 is 46.4 Å². The SMILES string of the molecule is CN1CC(c2cnc3c(N4CCOCC4)nc(-c4ccc(NC(=O)Nc5ccc(C(=O)N(C)C)cc5F)cc4)nc3c2)C=N1. The Kier molecular flexibility index (Phi) is 8.03. The molecule has 6 rings (SSSR count). The van der Waals surface area contributed by atoms with E-state index in [2.05, 4.69) is 26.7 Å². The van der Waals surface area contributed by atoms with Gasteiger partial charge in [-0.1, -0.05) is 0 Å². The molecule has 12 nitrogen and oxygen atoms in total. The van der Waals surface area contributed by atoms with Gasteiger partial charge in [-0.15, -0.1) is 0 Å². The fourth-order valence-corrected chi connectivity index (χ4v) is 5.11. The summed E-state index contributed by atoms with van der Waals surface area (Å²) in [7, 11) is 5.10. The average molecular weight is 598 g/mol. The van der Waals surface area contributed by atoms with Gasteiger partial charge < -0.3 is 25.2 Å². The van der Waals surface area contributed by atoms with Gasteiger partial charge in [0.2, 0.25) is 0 Å². The van der Waals surface area contributed by atoms with Gasteiger partial charge in [0.25, 0.3) is 5.91 Å². The minimum Gasteiger partial charge on any atom is -0.378 e. The number of urea groups is 1. The number of benzene rings is 2. The van der Waals surface area contributed by atoms with Crippen molar-refractivity contribution in [1.29, 1.82) is 0 Å². The molecule has 2 aliphatic rings. The zero-order valence-corrected chi connectivity index (χ0v) is 24.6. The standard InChI is InChI=1S/C31H32FN9O3/c1-39(2)30(42)20-6-9-25(24(32)14-20)37-31(43)35-23-7-4-19(5-8-23)28-36-26-15-21(22-17-34-40(3)18-22)16-33-27(26)29(38-28)41-10-12-44-13-11-41/h4-9,14-17,22H,10-13,18H2,1-3H3,(H2,35,37,43). The molecule has 0 radical (unpaired) electrons. The molecule has 1 fully saturated rings. The van der Waals surface area contributed by atoms with Gasteiger partial charge in [-0.05, 0) is 54.1 Å². The molecular weight excluding hydrogens is 565 g/mol. The van der Waals surface area contributed by atoms with Crippen molar-refractivity contribution in [3.8, 4) is 11.4 Å². The van der Waals surface area contributed by atoms with Crippen LogP contribution in [0.4, 0.5) is 26.4 Å². The minimum atomic E-state index is -0.711. The van der Waals surface area contributed by atoms with Crippen LogP contribution in [0.1, 0.15) is 21.8 Å². The van der Waals surface area contributed by atoms with Gasteiger partial charge in [0.05, 0.1) is 24.4 Å². The molecular formula is C31H32FN9O3. The van der Waals surface area contributed by atoms with Crippen molar-refractivity contribution in [2.75, 3.05) is 69.5 Å². The van der Waals surface area contributed by atoms with E-state index in [9.17, 15) is 14.0 Å². The van der Waals surface area contributed by atoms with Gasteiger partial charge in [0, 0.05) is 75.9 Å². The van der Waals surface area contributed by atoms with E-state index >= 15 is 0 Å². The number of nitrogens with zero attached hydrogens (tertiary/aromatic N) is 7. The monoisotopic (exact) mass is 597 g/mol. The van der Waals surface area contributed by atoms with Crippen molar-refractivity contribution in [3.63, 3.8) is 0 Å². The number of nitrogens with one attached hydrogen (secondary N) is 2. The lowest BCUT2D eigenvalue weighted by molar-refractivity contribution is 0.0827. The van der Waals surface area contributed by atoms with Gasteiger partial charge in [0.15, 0.2) is 11.6 Å². The van der Waals surface area contributed by atoms with E-state index in [1.54, 1.807) is 26.2 Å². The summed E-state index contributed by atoms with van der Waals surface area (Å²) in [6, 6.07) is 12.4. The number of hydrogen-bond donors (Lipinski definition) is 2. The van der Waals surface area contributed by atoms with E-state index in [0.717, 1.165) is 40.6 Å². The molecule has 1 saturated heterocycles. The van der Waals surface area contributed by atoms with Crippen LogP contribution in [0.15, 0.2) is 59.8 Å². The first-order chi connectivity index (χ1) is 21.2. The van der Waals surface area contributed by atoms with Crippen LogP contribution >= 0.6 is 0 Å². The normalized spacial score (nSPS) is 16.3. The Labute approximate surface area is 253 Å². The molecule has 13 heteroatoms. The number of morpholine rings is 1. The number of fused-ring (bicyclic) bond motifs is 1. The van der Waals surface area contributed by atoms with Crippen LogP contribution in [0.5, 0.6) is 0 Å². The second-order valence-electron chi connectivity index (χ2n) is 10.9. The number of ether oxygens (including phenoxy) is 1. The zero-order chi connectivity index (χ0) is 30.8. The summed E-state index contributed by atoms with van der Waals surface area (Å²) in [5, 5.41) is 11.5. The van der Waals surface area contributed by atoms with E-state index < -0.39 is 11.8 Å². The maximum Gasteiger partial charge on any atom is 0.323 e. The van der Waals surface area contributed by atoms with Crippen LogP contribution in [0.25, 0.3) is 22.4 Å². The van der Waals surface area contributed by atoms with E-state index in [4.69, 9.17) is 19.7 Å². The van der Waals surface area contributed by atoms with Gasteiger partial charge in [-0.25, -0.2) is 19.2 Å². The van der Waals surface area contributed by atoms with Crippen LogP contribution in [0.3, 0.4) is 0 Å². The molecule has 0 aliphatic carbocycles. The average Bonchev–Trinajstić information content (AvgIpc) is 3.47. The first kappa shape index (κ1) is 28.9. The Morgan fingerprint density at radius 1 is 1.02 bits per heavy atom. The topological polar surface area (TPSA) is 128 Å². The highest BCUT2D eigenvalue weighted by molar-refractivity contribution is 6.00. The van der Waals surface area contributed by atoms with E-state index in [1.807, 2.05) is 36.6 Å². The predicted octanol–water partition coefficient (Wildman–Crippen LogP) is 4.03. The third-order valence-electron chi connectivity index (χ3n) is 7.45. The Morgan fingerprint density at radius 2 is 1.80 bits per heavy atom. The highest BCUT2D eigenvalue weighted by Gasteiger charge is 2.22. The molecule has 4 aromatic rings. The van der Waals surface area contributed by atoms with Crippen LogP contribution in [-0.2, 0) is 4.74 Å². The largest absolute Gasteiger partial charge is 0.378 e. The van der Waals surface area contributed by atoms with Gasteiger partial charge in [-0.2, -0.15) is 5.10 Å². The minimum absolute atomic E-state index is 0.0434. The second kappa shape index (κ2) is 12.2. The number of aromatic nitrogens is 3. The number of rotatable bonds is 6. The summed E-state index contributed by atoms with van der Waals surface area (Å²) in [5.74, 6) is 0.364. The first-order valence-electron chi connectivity index (χ1n) is 14.2. The summed E-state index contributed by atoms with van der Waals surface area (Å²) in [4.78, 5) is 42.8. The van der Waals surface area contributed by atoms with Crippen LogP contribution < -0.4 is 15.5 Å². The Hall–Kier alpha value is -5.17. The fraction of sp³-hybridized carbons (Fsp3) is 0.290. The summed E-state index contributed by atoms with van der Waals surface area (Å²) in [6.07, 6.45) is 3.80. The lowest BCUT2D eigenvalue weighted by Gasteiger charge is -2.28. The van der Waals surface area contributed by atoms with Crippen LogP contribution in [0.2, 0.25) is 0 Å². The number of pyridine rings is 1. The Morgan fingerprint density at radius 3 is 2.48 bits per heavy atom. The number of carbonyl (C=O) groups is 2. The molecule has 0 spiro atoms. The molecule has 1 unspecified atom stereocenters. The highest BCUT2D eigenvalue weighted by Crippen LogP contribution is 2.30. The van der Waals surface area contributed by atoms with E-state index in [0.29, 0.717) is 37.8 Å². The van der Waals surface area contributed by atoms with Gasteiger partial charge in [-0.3, -0.25) is 14.8 Å². The number of halogens is 1. The van der Waals surface area contributed by atoms with Crippen LogP contribution in [-0.4, -0.2) is 97.0 Å². The maximum absolute atomic E-state index is 14.6. The highest BCUT2D eigenvalue weighted by atomic mass is 19.1. The molecule has 2 aromatic carbocycles. The van der Waals surface area contributed by atoms with Crippen molar-refractivity contribution in [1.82, 2.24) is 24.9 Å². The van der Waals surface area contributed by atoms with Crippen molar-refractivity contribution in [2.45, 2.75) is 5.92 Å². The quantitative estimate of drug-likeness (QED) is 0.341. The van der Waals surface area contributed by atoms with Crippen molar-refractivity contribution < 1.29 is 18.7 Å². The summed E-state index contributed by atoms with van der Waals surface area (Å²) < 4.78 is 20.1. The third-order valence-corrected chi connectivity index (χ3v) is 7.45. The molecule has 2 N–H and O–H groups in total. The summed E-state index contributed by atoms with van der Waals surface area (Å²) >= 11 is 0. The molecule has 1 atom stereocenters. The molecule has 4 heterocycles. The number of likely N-dealkylation sites (N-methyl/N-ethyl adjacent to an activating group) is 1. The second-order valence-corrected chi connectivity index (χ2v) is 10.9. The number of amides is 3. The summed E-state index contributed by atoms with van der Waals surface area (Å²) in [5.41, 5.74) is 3.89. The number of anilines is 3. The third kappa shape index (κ3) is 6.13. The summed E-state index contributed by atoms with van der Waals surface area (Å²) in [6.45, 7) is 3.38. The number of hydrogen-bond acceptors (Lipinski definition) is 9. The smallest absolute Gasteiger partial charge is 0.323 e. The number of hydrazone groups is 1. The van der Waals surface area contributed by atoms with Crippen LogP contribution in [0, 0.1) is 5.82 Å². The molecule has 2 aromatic heterocycles. The molecule has 3 amide bonds. The zero-order valence-electron chi connectivity index (χ0n) is 24.6. The Balaban J connectivity index is 1.22. The first-order valence-corrected chi connectivity index (χ1v) is 14.2. The lowest BCUT2D eigenvalue weighted by atomic mass is 10.0. The van der Waals surface area contributed by atoms with E-state index in [1.165, 1.54) is 17.0 Å². The fourth-order valence-electron chi connectivity index (χ4n) is 5.11. The molecule has 0 saturated carbocycles. The van der Waals surface area contributed by atoms with E-state index in [-0.39, 0.29) is 23.1 Å². The van der Waals surface area contributed by atoms with Gasteiger partial charge in [0.1, 0.15) is 11.3 Å². The molecule has 2 aliphatic heterocycles. The predicted molar refractivity (Wildman–Crippen MR) is 167 cm³/mol. The van der Waals surface area contributed by atoms with Crippen molar-refractivity contribution in [3.05, 3.63) is 71.7 Å². The van der Waals surface area contributed by atoms with Crippen molar-refractivity contribution in [2.24, 2.45) is 5.10 Å².